The number of nitrogens with zero attached hydrogens (tertiary/aromatic N) is 1. The molecule has 1 aromatic carbocycles. The van der Waals surface area contributed by atoms with E-state index in [0.29, 0.717) is 5.70 Å². The predicted octanol–water partition coefficient (Wildman–Crippen LogP) is 2.42. The van der Waals surface area contributed by atoms with Crippen molar-refractivity contribution in [2.75, 3.05) is 0 Å². The van der Waals surface area contributed by atoms with Crippen LogP contribution in [0.4, 0.5) is 0 Å². The van der Waals surface area contributed by atoms with Gasteiger partial charge in [0, 0.05) is 12.3 Å². The summed E-state index contributed by atoms with van der Waals surface area (Å²) in [5.41, 5.74) is 5.05. The van der Waals surface area contributed by atoms with Crippen molar-refractivity contribution in [3.05, 3.63) is 70.8 Å². The Morgan fingerprint density at radius 1 is 1.27 bits per heavy atom. The number of aliphatic hydroxyl groups is 1. The lowest BCUT2D eigenvalue weighted by molar-refractivity contribution is -0.119. The number of aliphatic hydroxyl groups excluding tert-OH is 1. The van der Waals surface area contributed by atoms with E-state index in [1.54, 1.807) is 18.9 Å². The van der Waals surface area contributed by atoms with Crippen LogP contribution in [0.15, 0.2) is 59.6 Å². The molecule has 0 atom stereocenters. The van der Waals surface area contributed by atoms with Gasteiger partial charge in [-0.15, -0.1) is 0 Å². The summed E-state index contributed by atoms with van der Waals surface area (Å²) in [6.45, 7) is 3.58. The van der Waals surface area contributed by atoms with Crippen molar-refractivity contribution < 1.29 is 14.7 Å². The minimum Gasteiger partial charge on any atom is -0.505 e. The largest absolute Gasteiger partial charge is 0.505 e. The van der Waals surface area contributed by atoms with Gasteiger partial charge in [-0.05, 0) is 31.6 Å². The summed E-state index contributed by atoms with van der Waals surface area (Å²) in [5.74, 6) is 1.07. The normalized spacial score (nSPS) is 14.5. The Morgan fingerprint density at radius 3 is 2.59 bits per heavy atom. The Bertz CT molecular complexity index is 721. The smallest absolute Gasteiger partial charge is 0.262 e. The molecule has 1 aromatic rings. The van der Waals surface area contributed by atoms with Crippen LogP contribution in [0.3, 0.4) is 0 Å². The number of allylic oxidation sites excluding steroid dienone is 2. The molecule has 1 heterocycles. The monoisotopic (exact) mass is 296 g/mol. The lowest BCUT2D eigenvalue weighted by Crippen LogP contribution is -2.38. The maximum absolute atomic E-state index is 11.9. The van der Waals surface area contributed by atoms with Gasteiger partial charge >= 0.3 is 0 Å². The number of carbonyl (C=O) groups excluding carboxylic acids is 2. The Balaban J connectivity index is 2.04. The molecule has 5 heteroatoms. The Labute approximate surface area is 128 Å². The molecule has 1 aliphatic rings. The maximum Gasteiger partial charge on any atom is 0.262 e. The van der Waals surface area contributed by atoms with E-state index in [9.17, 15) is 14.7 Å². The molecule has 0 saturated heterocycles. The van der Waals surface area contributed by atoms with Crippen molar-refractivity contribution in [3.63, 3.8) is 0 Å². The highest BCUT2D eigenvalue weighted by Crippen LogP contribution is 2.19. The number of aryl methyl sites for hydroxylation is 1. The van der Waals surface area contributed by atoms with E-state index in [-0.39, 0.29) is 17.2 Å². The Kier molecular flexibility index (Phi) is 4.61. The zero-order valence-electron chi connectivity index (χ0n) is 12.3. The molecule has 5 nitrogen and oxygen atoms in total. The second kappa shape index (κ2) is 6.61. The summed E-state index contributed by atoms with van der Waals surface area (Å²) in [5, 5.41) is 11.1. The summed E-state index contributed by atoms with van der Waals surface area (Å²) < 4.78 is 0. The molecular formula is C17H16N2O3. The van der Waals surface area contributed by atoms with Crippen molar-refractivity contribution in [1.82, 2.24) is 10.4 Å². The fourth-order valence-electron chi connectivity index (χ4n) is 1.86. The molecule has 0 unspecified atom stereocenters. The lowest BCUT2D eigenvalue weighted by atomic mass is 10.1. The SMILES string of the molecule is CC1=C(O)C(=C=O)C=CN1NC(=O)/C=C/c1ccc(C)cc1. The minimum absolute atomic E-state index is 0.0539. The van der Waals surface area contributed by atoms with Gasteiger partial charge in [-0.25, -0.2) is 4.79 Å². The average Bonchev–Trinajstić information content (AvgIpc) is 2.51. The van der Waals surface area contributed by atoms with Gasteiger partial charge in [0.2, 0.25) is 0 Å². The van der Waals surface area contributed by atoms with Crippen LogP contribution in [-0.4, -0.2) is 22.0 Å². The maximum atomic E-state index is 11.9. The zero-order chi connectivity index (χ0) is 16.1. The zero-order valence-corrected chi connectivity index (χ0v) is 12.3. The number of nitrogens with one attached hydrogen (secondary N) is 1. The first-order valence-corrected chi connectivity index (χ1v) is 6.69. The number of carbonyl (C=O) groups is 1. The molecule has 0 bridgehead atoms. The van der Waals surface area contributed by atoms with Crippen molar-refractivity contribution in [2.24, 2.45) is 0 Å². The molecular weight excluding hydrogens is 280 g/mol. The van der Waals surface area contributed by atoms with Gasteiger partial charge < -0.3 is 5.11 Å². The minimum atomic E-state index is -0.351. The molecule has 2 rings (SSSR count). The second-order valence-corrected chi connectivity index (χ2v) is 4.86. The van der Waals surface area contributed by atoms with E-state index in [2.05, 4.69) is 5.43 Å². The molecule has 0 saturated carbocycles. The summed E-state index contributed by atoms with van der Waals surface area (Å²) >= 11 is 0. The number of hydrogen-bond acceptors (Lipinski definition) is 4. The molecule has 0 spiro atoms. The van der Waals surface area contributed by atoms with E-state index >= 15 is 0 Å². The van der Waals surface area contributed by atoms with E-state index < -0.39 is 0 Å². The first-order valence-electron chi connectivity index (χ1n) is 6.69. The van der Waals surface area contributed by atoms with Gasteiger partial charge in [0.05, 0.1) is 5.70 Å². The predicted molar refractivity (Wildman–Crippen MR) is 83.9 cm³/mol. The van der Waals surface area contributed by atoms with Crippen LogP contribution < -0.4 is 5.43 Å². The van der Waals surface area contributed by atoms with Gasteiger partial charge in [-0.1, -0.05) is 29.8 Å². The molecule has 0 radical (unpaired) electrons. The fourth-order valence-corrected chi connectivity index (χ4v) is 1.86. The quantitative estimate of drug-likeness (QED) is 0.664. The van der Waals surface area contributed by atoms with Crippen molar-refractivity contribution in [2.45, 2.75) is 13.8 Å². The lowest BCUT2D eigenvalue weighted by Gasteiger charge is -2.24. The van der Waals surface area contributed by atoms with Crippen molar-refractivity contribution in [3.8, 4) is 0 Å². The molecule has 22 heavy (non-hydrogen) atoms. The van der Waals surface area contributed by atoms with E-state index in [0.717, 1.165) is 11.1 Å². The van der Waals surface area contributed by atoms with Crippen LogP contribution in [0.25, 0.3) is 6.08 Å². The van der Waals surface area contributed by atoms with Crippen LogP contribution in [0.1, 0.15) is 18.1 Å². The van der Waals surface area contributed by atoms with Crippen molar-refractivity contribution >= 4 is 17.9 Å². The van der Waals surface area contributed by atoms with Crippen LogP contribution in [0.5, 0.6) is 0 Å². The summed E-state index contributed by atoms with van der Waals surface area (Å²) in [6, 6.07) is 7.75. The van der Waals surface area contributed by atoms with E-state index in [1.807, 2.05) is 31.2 Å². The number of hydrogen-bond donors (Lipinski definition) is 2. The second-order valence-electron chi connectivity index (χ2n) is 4.86. The highest BCUT2D eigenvalue weighted by atomic mass is 16.3. The highest BCUT2D eigenvalue weighted by molar-refractivity contribution is 5.91. The number of rotatable bonds is 3. The molecule has 1 aliphatic heterocycles. The van der Waals surface area contributed by atoms with Crippen LogP contribution in [0, 0.1) is 6.92 Å². The summed E-state index contributed by atoms with van der Waals surface area (Å²) in [4.78, 5) is 22.5. The molecule has 2 N–H and O–H groups in total. The topological polar surface area (TPSA) is 69.6 Å². The summed E-state index contributed by atoms with van der Waals surface area (Å²) in [6.07, 6.45) is 5.94. The van der Waals surface area contributed by atoms with E-state index in [4.69, 9.17) is 0 Å². The number of amides is 1. The molecule has 0 fully saturated rings. The van der Waals surface area contributed by atoms with Gasteiger partial charge in [-0.2, -0.15) is 0 Å². The van der Waals surface area contributed by atoms with Gasteiger partial charge in [0.25, 0.3) is 5.91 Å². The van der Waals surface area contributed by atoms with Gasteiger partial charge in [-0.3, -0.25) is 15.2 Å². The van der Waals surface area contributed by atoms with Crippen LogP contribution in [0.2, 0.25) is 0 Å². The molecule has 1 amide bonds. The Morgan fingerprint density at radius 2 is 1.95 bits per heavy atom. The fraction of sp³-hybridized carbons (Fsp3) is 0.118. The van der Waals surface area contributed by atoms with Gasteiger partial charge in [0.15, 0.2) is 5.76 Å². The first kappa shape index (κ1) is 15.4. The van der Waals surface area contributed by atoms with Gasteiger partial charge in [0.1, 0.15) is 11.5 Å². The Hall–Kier alpha value is -3.04. The first-order chi connectivity index (χ1) is 10.5. The number of benzene rings is 1. The van der Waals surface area contributed by atoms with E-state index in [1.165, 1.54) is 23.4 Å². The molecule has 0 aromatic heterocycles. The third-order valence-corrected chi connectivity index (χ3v) is 3.19. The molecule has 0 aliphatic carbocycles. The third kappa shape index (κ3) is 3.53. The standard InChI is InChI=1S/C17H16N2O3/c1-12-3-5-14(6-4-12)7-8-16(21)18-19-10-9-15(11-20)17(22)13(19)2/h3-10,22H,1-2H3,(H,18,21)/b8-7+. The molecule has 112 valence electrons. The summed E-state index contributed by atoms with van der Waals surface area (Å²) in [7, 11) is 0. The number of hydrazine groups is 1. The van der Waals surface area contributed by atoms with Crippen LogP contribution >= 0.6 is 0 Å². The van der Waals surface area contributed by atoms with Crippen molar-refractivity contribution in [1.29, 1.82) is 0 Å². The van der Waals surface area contributed by atoms with Crippen LogP contribution in [-0.2, 0) is 9.59 Å². The average molecular weight is 296 g/mol. The third-order valence-electron chi connectivity index (χ3n) is 3.19. The highest BCUT2D eigenvalue weighted by Gasteiger charge is 2.17.